The topological polar surface area (TPSA) is 440 Å². The number of likely N-dealkylation sites (tertiary alicyclic amines) is 2. The number of anilines is 2. The Labute approximate surface area is 652 Å². The molecule has 6 fully saturated rings. The summed E-state index contributed by atoms with van der Waals surface area (Å²) < 4.78 is 94.3. The molecule has 4 aliphatic heterocycles. The Morgan fingerprint density at radius 3 is 1.04 bits per heavy atom. The van der Waals surface area contributed by atoms with Gasteiger partial charge in [0.05, 0.1) is 35.0 Å². The number of nitrogens with one attached hydrogen (secondary N) is 2. The molecule has 112 heavy (non-hydrogen) atoms. The predicted molar refractivity (Wildman–Crippen MR) is 411 cm³/mol. The number of nitrogens with zero attached hydrogens (tertiary/aromatic N) is 10. The van der Waals surface area contributed by atoms with E-state index in [0.717, 1.165) is 142 Å². The molecule has 2 amide bonds. The van der Waals surface area contributed by atoms with E-state index in [0.29, 0.717) is 84.5 Å². The molecular formula is C76H106F2N12O20S2. The van der Waals surface area contributed by atoms with E-state index >= 15 is 0 Å². The molecule has 2 aromatic heterocycles. The molecular weight excluding hydrogens is 1500 g/mol. The van der Waals surface area contributed by atoms with Crippen molar-refractivity contribution in [2.75, 3.05) is 99.8 Å². The summed E-state index contributed by atoms with van der Waals surface area (Å²) in [6.45, 7) is 25.8. The Kier molecular flexibility index (Phi) is 34.9. The van der Waals surface area contributed by atoms with Crippen LogP contribution in [0.3, 0.4) is 0 Å². The number of hydrogen-bond donors (Lipinski definition) is 8. The summed E-state index contributed by atoms with van der Waals surface area (Å²) in [7, 11) is -6.28. The molecule has 0 bridgehead atoms. The lowest BCUT2D eigenvalue weighted by molar-refractivity contribution is -0.134. The van der Waals surface area contributed by atoms with Gasteiger partial charge in [0.1, 0.15) is 35.8 Å². The third-order valence-electron chi connectivity index (χ3n) is 20.4. The summed E-state index contributed by atoms with van der Waals surface area (Å²) >= 11 is 0. The van der Waals surface area contributed by atoms with Gasteiger partial charge in [0.25, 0.3) is 11.8 Å². The number of amides is 2. The van der Waals surface area contributed by atoms with Gasteiger partial charge < -0.3 is 69.5 Å². The fourth-order valence-corrected chi connectivity index (χ4v) is 16.2. The number of piperidine rings is 2. The van der Waals surface area contributed by atoms with Crippen LogP contribution < -0.4 is 28.7 Å². The van der Waals surface area contributed by atoms with Crippen LogP contribution >= 0.6 is 0 Å². The van der Waals surface area contributed by atoms with Crippen LogP contribution in [0, 0.1) is 34.3 Å². The lowest BCUT2D eigenvalue weighted by Gasteiger charge is -2.54. The van der Waals surface area contributed by atoms with Crippen LogP contribution in [0.5, 0.6) is 23.0 Å². The van der Waals surface area contributed by atoms with Crippen LogP contribution in [-0.4, -0.2) is 249 Å². The summed E-state index contributed by atoms with van der Waals surface area (Å²) in [5.41, 5.74) is 0.840. The number of carbonyl (C=O) groups excluding carboxylic acids is 2. The largest absolute Gasteiger partial charge is 0.478 e. The molecule has 2 aliphatic carbocycles. The molecule has 2 saturated carbocycles. The Bertz CT molecular complexity index is 3840. The van der Waals surface area contributed by atoms with Crippen molar-refractivity contribution in [3.63, 3.8) is 0 Å². The molecule has 0 atom stereocenters. The van der Waals surface area contributed by atoms with E-state index in [2.05, 4.69) is 49.0 Å². The quantitative estimate of drug-likeness (QED) is 0.0247. The molecule has 4 aromatic rings. The average molecular weight is 1610 g/mol. The van der Waals surface area contributed by atoms with Crippen molar-refractivity contribution in [1.82, 2.24) is 49.0 Å². The summed E-state index contributed by atoms with van der Waals surface area (Å²) in [5.74, 6) is -4.73. The minimum atomic E-state index is -3.14. The summed E-state index contributed by atoms with van der Waals surface area (Å²) in [6.07, 6.45) is 22.0. The monoisotopic (exact) mass is 1610 g/mol. The van der Waals surface area contributed by atoms with Gasteiger partial charge in [-0.3, -0.25) is 9.59 Å². The zero-order chi connectivity index (χ0) is 82.7. The van der Waals surface area contributed by atoms with Gasteiger partial charge in [-0.2, -0.15) is 0 Å². The molecule has 36 heteroatoms. The first-order chi connectivity index (χ1) is 52.9. The van der Waals surface area contributed by atoms with Crippen LogP contribution in [0.4, 0.5) is 20.4 Å². The zero-order valence-electron chi connectivity index (χ0n) is 64.5. The number of sulfonamides is 2. The van der Waals surface area contributed by atoms with E-state index in [-0.39, 0.29) is 80.9 Å². The number of aliphatic carboxylic acids is 6. The van der Waals surface area contributed by atoms with Gasteiger partial charge in [0.2, 0.25) is 20.0 Å². The minimum Gasteiger partial charge on any atom is -0.478 e. The van der Waals surface area contributed by atoms with Crippen molar-refractivity contribution < 1.29 is 104 Å². The first-order valence-electron chi connectivity index (χ1n) is 37.4. The van der Waals surface area contributed by atoms with Crippen LogP contribution in [-0.2, 0) is 48.8 Å². The summed E-state index contributed by atoms with van der Waals surface area (Å²) in [6, 6.07) is 8.15. The van der Waals surface area contributed by atoms with E-state index in [1.54, 1.807) is 36.0 Å². The van der Waals surface area contributed by atoms with Crippen molar-refractivity contribution in [3.8, 4) is 23.0 Å². The number of carboxylic acids is 6. The Balaban J connectivity index is 0.000000270. The number of hydrogen-bond acceptors (Lipinski definition) is 22. The number of carbonyl (C=O) groups is 8. The highest BCUT2D eigenvalue weighted by atomic mass is 32.2. The third-order valence-corrected chi connectivity index (χ3v) is 23.3. The maximum absolute atomic E-state index is 14.2. The van der Waals surface area contributed by atoms with E-state index < -0.39 is 67.5 Å². The van der Waals surface area contributed by atoms with Gasteiger partial charge in [-0.1, -0.05) is 0 Å². The highest BCUT2D eigenvalue weighted by Crippen LogP contribution is 2.47. The number of benzene rings is 2. The molecule has 616 valence electrons. The van der Waals surface area contributed by atoms with Crippen molar-refractivity contribution in [3.05, 3.63) is 121 Å². The van der Waals surface area contributed by atoms with Crippen LogP contribution in [0.15, 0.2) is 97.9 Å². The van der Waals surface area contributed by atoms with E-state index in [9.17, 15) is 64.0 Å². The normalized spacial score (nSPS) is 19.5. The Hall–Kier alpha value is -9.62. The van der Waals surface area contributed by atoms with Crippen LogP contribution in [0.1, 0.15) is 153 Å². The number of aromatic nitrogens is 4. The lowest BCUT2D eigenvalue weighted by Crippen LogP contribution is -2.61. The van der Waals surface area contributed by atoms with Gasteiger partial charge in [-0.25, -0.2) is 83.8 Å². The molecule has 6 aliphatic rings. The van der Waals surface area contributed by atoms with Crippen molar-refractivity contribution in [2.24, 2.45) is 22.7 Å². The van der Waals surface area contributed by atoms with Crippen LogP contribution in [0.2, 0.25) is 0 Å². The second-order valence-electron chi connectivity index (χ2n) is 29.1. The smallest absolute Gasteiger partial charge is 0.328 e. The van der Waals surface area contributed by atoms with Gasteiger partial charge in [0.15, 0.2) is 23.1 Å². The zero-order valence-corrected chi connectivity index (χ0v) is 66.2. The second kappa shape index (κ2) is 42.9. The fourth-order valence-electron chi connectivity index (χ4n) is 14.4. The third kappa shape index (κ3) is 28.8. The standard InChI is InChI=1S/2C32H47FN6O4S.3C4H4O4/c2*1-5-39(23(3)4)31(40)27-17-25(33)9-12-28(27)43-29-18-34-22-35-30(29)38-20-32(21-38)13-15-37(16-14-32)19-24-7-10-26(11-8-24)36-44(41,42)6-2;3*5-3(6)1-2-4(7)8/h2*9,12,17-18,22-24,26,36H,5-8,10-11,13-16,19-21H2,1-4H3;3*1-2H,(H,5,6)(H,7,8)/b;;3*2-1+/t2*24-,26-;;;. The average Bonchev–Trinajstić information content (AvgIpc) is 0.757. The molecule has 6 heterocycles. The summed E-state index contributed by atoms with van der Waals surface area (Å²) in [4.78, 5) is 114. The molecule has 0 radical (unpaired) electrons. The van der Waals surface area contributed by atoms with E-state index in [1.165, 1.54) is 49.1 Å². The van der Waals surface area contributed by atoms with Gasteiger partial charge >= 0.3 is 35.8 Å². The Morgan fingerprint density at radius 1 is 0.491 bits per heavy atom. The molecule has 4 saturated heterocycles. The van der Waals surface area contributed by atoms with Gasteiger partial charge in [-0.05, 0) is 207 Å². The Morgan fingerprint density at radius 2 is 0.786 bits per heavy atom. The highest BCUT2D eigenvalue weighted by Gasteiger charge is 2.48. The van der Waals surface area contributed by atoms with Crippen molar-refractivity contribution >= 4 is 79.3 Å². The molecule has 2 spiro atoms. The molecule has 8 N–H and O–H groups in total. The van der Waals surface area contributed by atoms with Crippen molar-refractivity contribution in [1.29, 1.82) is 0 Å². The molecule has 10 rings (SSSR count). The number of rotatable bonds is 28. The fraction of sp³-hybridized carbons (Fsp3) is 0.553. The number of halogens is 2. The van der Waals surface area contributed by atoms with Crippen molar-refractivity contribution in [2.45, 2.75) is 157 Å². The number of ether oxygens (including phenoxy) is 2. The first-order valence-corrected chi connectivity index (χ1v) is 40.7. The van der Waals surface area contributed by atoms with E-state index in [4.69, 9.17) is 40.1 Å². The molecule has 0 unspecified atom stereocenters. The van der Waals surface area contributed by atoms with E-state index in [1.807, 2.05) is 41.5 Å². The molecule has 32 nitrogen and oxygen atoms in total. The lowest BCUT2D eigenvalue weighted by atomic mass is 9.71. The predicted octanol–water partition coefficient (Wildman–Crippen LogP) is 8.49. The first kappa shape index (κ1) is 91.3. The SMILES string of the molecule is CCN(C(=O)c1cc(F)ccc1Oc1cncnc1N1CC2(CCN(C[C@H]3CC[C@H](NS(=O)(=O)CC)CC3)CC2)C1)C(C)C.CCN(C(=O)c1cc(F)ccc1Oc1cncnc1N1CC2(CCN(C[C@H]3CC[C@H](NS(=O)(=O)CC)CC3)CC2)C1)C(C)C.O=C(O)/C=C/C(=O)O.O=C(O)/C=C/C(=O)O.O=C(O)/C=C/C(=O)O. The van der Waals surface area contributed by atoms with Gasteiger partial charge in [-0.15, -0.1) is 0 Å². The maximum atomic E-state index is 14.2. The second-order valence-corrected chi connectivity index (χ2v) is 33.2. The number of carboxylic acid groups (broad SMARTS) is 6. The molecule has 2 aromatic carbocycles. The highest BCUT2D eigenvalue weighted by molar-refractivity contribution is 7.89. The minimum absolute atomic E-state index is 0.0352. The van der Waals surface area contributed by atoms with Crippen LogP contribution in [0.25, 0.3) is 0 Å². The summed E-state index contributed by atoms with van der Waals surface area (Å²) in [5, 5.41) is 46.9. The maximum Gasteiger partial charge on any atom is 0.328 e. The van der Waals surface area contributed by atoms with Gasteiger partial charge in [0, 0.05) is 124 Å².